The van der Waals surface area contributed by atoms with Crippen LogP contribution in [-0.4, -0.2) is 27.6 Å². The number of rotatable bonds is 3. The Labute approximate surface area is 123 Å². The number of anilines is 2. The second-order valence-corrected chi connectivity index (χ2v) is 6.77. The van der Waals surface area contributed by atoms with E-state index in [1.165, 1.54) is 17.0 Å². The minimum absolute atomic E-state index is 0.120. The summed E-state index contributed by atoms with van der Waals surface area (Å²) in [6.45, 7) is 0. The van der Waals surface area contributed by atoms with Gasteiger partial charge in [-0.25, -0.2) is 8.42 Å². The van der Waals surface area contributed by atoms with Crippen molar-refractivity contribution in [3.8, 4) is 0 Å². The lowest BCUT2D eigenvalue weighted by atomic mass is 10.2. The van der Waals surface area contributed by atoms with E-state index in [4.69, 9.17) is 5.73 Å². The molecule has 0 aliphatic rings. The Morgan fingerprint density at radius 3 is 2.38 bits per heavy atom. The van der Waals surface area contributed by atoms with Crippen molar-refractivity contribution in [3.63, 3.8) is 0 Å². The standard InChI is InChI=1S/C15H16N2O3S/c1-17(13-7-4-6-12(16)10-13)15(18)11-5-3-8-14(9-11)21(2,19)20/h3-10H,16H2,1-2H3. The molecule has 0 bridgehead atoms. The molecular formula is C15H16N2O3S. The lowest BCUT2D eigenvalue weighted by Gasteiger charge is -2.18. The van der Waals surface area contributed by atoms with E-state index in [1.54, 1.807) is 43.4 Å². The topological polar surface area (TPSA) is 80.5 Å². The number of nitrogen functional groups attached to an aromatic ring is 1. The Bertz CT molecular complexity index is 785. The number of nitrogens with zero attached hydrogens (tertiary/aromatic N) is 1. The van der Waals surface area contributed by atoms with Crippen LogP contribution in [0.2, 0.25) is 0 Å². The Morgan fingerprint density at radius 1 is 1.10 bits per heavy atom. The summed E-state index contributed by atoms with van der Waals surface area (Å²) in [5.74, 6) is -0.300. The van der Waals surface area contributed by atoms with Crippen LogP contribution in [0.1, 0.15) is 10.4 Å². The Kier molecular flexibility index (Phi) is 3.99. The molecule has 2 N–H and O–H groups in total. The fraction of sp³-hybridized carbons (Fsp3) is 0.133. The van der Waals surface area contributed by atoms with E-state index >= 15 is 0 Å². The van der Waals surface area contributed by atoms with Gasteiger partial charge in [-0.2, -0.15) is 0 Å². The van der Waals surface area contributed by atoms with Gasteiger partial charge in [0.05, 0.1) is 4.90 Å². The highest BCUT2D eigenvalue weighted by Gasteiger charge is 2.16. The molecule has 21 heavy (non-hydrogen) atoms. The van der Waals surface area contributed by atoms with Gasteiger partial charge in [-0.05, 0) is 36.4 Å². The zero-order valence-corrected chi connectivity index (χ0v) is 12.6. The number of nitrogens with two attached hydrogens (primary N) is 1. The molecule has 6 heteroatoms. The molecule has 5 nitrogen and oxygen atoms in total. The summed E-state index contributed by atoms with van der Waals surface area (Å²) in [7, 11) is -1.73. The fourth-order valence-corrected chi connectivity index (χ4v) is 2.57. The van der Waals surface area contributed by atoms with Gasteiger partial charge in [0.25, 0.3) is 5.91 Å². The van der Waals surface area contributed by atoms with Crippen molar-refractivity contribution >= 4 is 27.1 Å². The van der Waals surface area contributed by atoms with Gasteiger partial charge in [0.2, 0.25) is 0 Å². The summed E-state index contributed by atoms with van der Waals surface area (Å²) in [6, 6.07) is 12.9. The van der Waals surface area contributed by atoms with Crippen LogP contribution in [0.5, 0.6) is 0 Å². The molecular weight excluding hydrogens is 288 g/mol. The molecule has 2 rings (SSSR count). The minimum Gasteiger partial charge on any atom is -0.399 e. The van der Waals surface area contributed by atoms with Crippen LogP contribution in [0, 0.1) is 0 Å². The molecule has 2 aromatic carbocycles. The molecule has 110 valence electrons. The predicted molar refractivity (Wildman–Crippen MR) is 83.1 cm³/mol. The van der Waals surface area contributed by atoms with Gasteiger partial charge in [0, 0.05) is 30.2 Å². The van der Waals surface area contributed by atoms with E-state index in [1.807, 2.05) is 0 Å². The number of hydrogen-bond donors (Lipinski definition) is 1. The quantitative estimate of drug-likeness (QED) is 0.879. The first-order chi connectivity index (χ1) is 9.79. The van der Waals surface area contributed by atoms with Crippen molar-refractivity contribution in [3.05, 3.63) is 54.1 Å². The maximum Gasteiger partial charge on any atom is 0.258 e. The van der Waals surface area contributed by atoms with Crippen LogP contribution in [-0.2, 0) is 9.84 Å². The van der Waals surface area contributed by atoms with Crippen molar-refractivity contribution in [2.24, 2.45) is 0 Å². The van der Waals surface area contributed by atoms with Crippen LogP contribution in [0.15, 0.2) is 53.4 Å². The summed E-state index contributed by atoms with van der Waals surface area (Å²) in [6.07, 6.45) is 1.11. The maximum absolute atomic E-state index is 12.4. The first-order valence-electron chi connectivity index (χ1n) is 6.23. The number of carbonyl (C=O) groups excluding carboxylic acids is 1. The molecule has 0 atom stereocenters. The van der Waals surface area contributed by atoms with Crippen LogP contribution >= 0.6 is 0 Å². The molecule has 0 unspecified atom stereocenters. The number of carbonyl (C=O) groups is 1. The normalized spacial score (nSPS) is 11.1. The van der Waals surface area contributed by atoms with Gasteiger partial charge in [0.1, 0.15) is 0 Å². The molecule has 0 saturated carbocycles. The average Bonchev–Trinajstić information content (AvgIpc) is 2.45. The van der Waals surface area contributed by atoms with Crippen molar-refractivity contribution < 1.29 is 13.2 Å². The van der Waals surface area contributed by atoms with Gasteiger partial charge >= 0.3 is 0 Å². The average molecular weight is 304 g/mol. The molecule has 0 radical (unpaired) electrons. The van der Waals surface area contributed by atoms with Crippen LogP contribution in [0.3, 0.4) is 0 Å². The highest BCUT2D eigenvalue weighted by Crippen LogP contribution is 2.19. The largest absolute Gasteiger partial charge is 0.399 e. The third kappa shape index (κ3) is 3.41. The second kappa shape index (κ2) is 5.57. The van der Waals surface area contributed by atoms with E-state index < -0.39 is 9.84 Å². The van der Waals surface area contributed by atoms with E-state index in [9.17, 15) is 13.2 Å². The summed E-state index contributed by atoms with van der Waals surface area (Å²) in [5, 5.41) is 0. The van der Waals surface area contributed by atoms with Crippen molar-refractivity contribution in [2.45, 2.75) is 4.90 Å². The summed E-state index contributed by atoms with van der Waals surface area (Å²) in [4.78, 5) is 14.0. The molecule has 0 heterocycles. The molecule has 0 spiro atoms. The highest BCUT2D eigenvalue weighted by molar-refractivity contribution is 7.90. The minimum atomic E-state index is -3.35. The van der Waals surface area contributed by atoms with Gasteiger partial charge in [-0.15, -0.1) is 0 Å². The summed E-state index contributed by atoms with van der Waals surface area (Å²) >= 11 is 0. The van der Waals surface area contributed by atoms with E-state index in [2.05, 4.69) is 0 Å². The zero-order chi connectivity index (χ0) is 15.6. The lowest BCUT2D eigenvalue weighted by Crippen LogP contribution is -2.26. The van der Waals surface area contributed by atoms with E-state index in [0.29, 0.717) is 16.9 Å². The molecule has 0 aliphatic carbocycles. The van der Waals surface area contributed by atoms with Crippen molar-refractivity contribution in [1.82, 2.24) is 0 Å². The third-order valence-electron chi connectivity index (χ3n) is 3.07. The molecule has 0 saturated heterocycles. The number of hydrogen-bond acceptors (Lipinski definition) is 4. The van der Waals surface area contributed by atoms with Crippen LogP contribution < -0.4 is 10.6 Å². The monoisotopic (exact) mass is 304 g/mol. The highest BCUT2D eigenvalue weighted by atomic mass is 32.2. The number of sulfone groups is 1. The van der Waals surface area contributed by atoms with Gasteiger partial charge in [-0.1, -0.05) is 12.1 Å². The van der Waals surface area contributed by atoms with E-state index in [-0.39, 0.29) is 10.8 Å². The van der Waals surface area contributed by atoms with E-state index in [0.717, 1.165) is 6.26 Å². The molecule has 2 aromatic rings. The zero-order valence-electron chi connectivity index (χ0n) is 11.8. The first-order valence-corrected chi connectivity index (χ1v) is 8.12. The number of benzene rings is 2. The Morgan fingerprint density at radius 2 is 1.76 bits per heavy atom. The molecule has 1 amide bonds. The SMILES string of the molecule is CN(C(=O)c1cccc(S(C)(=O)=O)c1)c1cccc(N)c1. The Balaban J connectivity index is 2.36. The smallest absolute Gasteiger partial charge is 0.258 e. The maximum atomic E-state index is 12.4. The van der Waals surface area contributed by atoms with Gasteiger partial charge in [-0.3, -0.25) is 4.79 Å². The van der Waals surface area contributed by atoms with Crippen LogP contribution in [0.25, 0.3) is 0 Å². The van der Waals surface area contributed by atoms with Gasteiger partial charge in [0.15, 0.2) is 9.84 Å². The molecule has 0 aromatic heterocycles. The third-order valence-corrected chi connectivity index (χ3v) is 4.18. The van der Waals surface area contributed by atoms with Crippen molar-refractivity contribution in [1.29, 1.82) is 0 Å². The molecule has 0 aliphatic heterocycles. The summed E-state index contributed by atoms with van der Waals surface area (Å²) in [5.41, 5.74) is 7.20. The number of amides is 1. The lowest BCUT2D eigenvalue weighted by molar-refractivity contribution is 0.0993. The van der Waals surface area contributed by atoms with Crippen LogP contribution in [0.4, 0.5) is 11.4 Å². The van der Waals surface area contributed by atoms with Gasteiger partial charge < -0.3 is 10.6 Å². The predicted octanol–water partition coefficient (Wildman–Crippen LogP) is 1.95. The van der Waals surface area contributed by atoms with Crippen molar-refractivity contribution in [2.75, 3.05) is 23.9 Å². The second-order valence-electron chi connectivity index (χ2n) is 4.76. The molecule has 0 fully saturated rings. The summed E-state index contributed by atoms with van der Waals surface area (Å²) < 4.78 is 23.1. The Hall–Kier alpha value is -2.34. The fourth-order valence-electron chi connectivity index (χ4n) is 1.90. The first kappa shape index (κ1) is 15.1.